The number of carbonyl (C=O) groups is 1. The highest BCUT2D eigenvalue weighted by atomic mass is 16.7. The van der Waals surface area contributed by atoms with E-state index in [2.05, 4.69) is 34.6 Å². The lowest BCUT2D eigenvalue weighted by Crippen LogP contribution is -2.66. The third-order valence-corrected chi connectivity index (χ3v) is 8.52. The van der Waals surface area contributed by atoms with Crippen LogP contribution >= 0.6 is 0 Å². The molecule has 4 rings (SSSR count). The molecule has 2 aliphatic heterocycles. The Morgan fingerprint density at radius 2 is 1.80 bits per heavy atom. The summed E-state index contributed by atoms with van der Waals surface area (Å²) in [5, 5.41) is 0. The molecule has 0 N–H and O–H groups in total. The lowest BCUT2D eigenvalue weighted by atomic mass is 9.44. The van der Waals surface area contributed by atoms with Gasteiger partial charge >= 0.3 is 5.97 Å². The summed E-state index contributed by atoms with van der Waals surface area (Å²) in [5.41, 5.74) is -0.505. The van der Waals surface area contributed by atoms with E-state index in [-0.39, 0.29) is 22.6 Å². The van der Waals surface area contributed by atoms with Gasteiger partial charge in [-0.15, -0.1) is 0 Å². The molecule has 4 nitrogen and oxygen atoms in total. The molecule has 0 radical (unpaired) electrons. The van der Waals surface area contributed by atoms with Gasteiger partial charge in [0.15, 0.2) is 0 Å². The summed E-state index contributed by atoms with van der Waals surface area (Å²) >= 11 is 0. The fraction of sp³-hybridized carbons (Fsp3) is 0.952. The van der Waals surface area contributed by atoms with Gasteiger partial charge in [0, 0.05) is 5.41 Å². The van der Waals surface area contributed by atoms with Crippen LogP contribution in [0.2, 0.25) is 0 Å². The highest BCUT2D eigenvalue weighted by Crippen LogP contribution is 2.74. The minimum atomic E-state index is -0.445. The summed E-state index contributed by atoms with van der Waals surface area (Å²) in [7, 11) is 1.46. The summed E-state index contributed by atoms with van der Waals surface area (Å²) < 4.78 is 18.2. The minimum Gasteiger partial charge on any atom is -0.469 e. The average Bonchev–Trinajstić information content (AvgIpc) is 3.05. The molecule has 4 heteroatoms. The van der Waals surface area contributed by atoms with E-state index in [1.54, 1.807) is 0 Å². The van der Waals surface area contributed by atoms with Crippen molar-refractivity contribution in [3.05, 3.63) is 0 Å². The van der Waals surface area contributed by atoms with Gasteiger partial charge in [0.1, 0.15) is 11.2 Å². The molecule has 0 aromatic rings. The van der Waals surface area contributed by atoms with Crippen LogP contribution in [0.3, 0.4) is 0 Å². The van der Waals surface area contributed by atoms with Crippen molar-refractivity contribution in [3.8, 4) is 0 Å². The number of hydrogen-bond acceptors (Lipinski definition) is 4. The predicted molar refractivity (Wildman–Crippen MR) is 95.2 cm³/mol. The predicted octanol–water partition coefficient (Wildman–Crippen LogP) is 4.25. The zero-order valence-corrected chi connectivity index (χ0v) is 16.7. The van der Waals surface area contributed by atoms with Crippen molar-refractivity contribution < 1.29 is 19.0 Å². The lowest BCUT2D eigenvalue weighted by Gasteiger charge is -2.62. The Labute approximate surface area is 152 Å². The molecule has 2 heterocycles. The zero-order chi connectivity index (χ0) is 18.3. The van der Waals surface area contributed by atoms with E-state index in [9.17, 15) is 4.79 Å². The Morgan fingerprint density at radius 3 is 2.48 bits per heavy atom. The summed E-state index contributed by atoms with van der Waals surface area (Å²) in [5.74, 6) is 0.425. The molecule has 25 heavy (non-hydrogen) atoms. The van der Waals surface area contributed by atoms with Crippen molar-refractivity contribution >= 4 is 5.97 Å². The Balaban J connectivity index is 1.73. The van der Waals surface area contributed by atoms with Gasteiger partial charge in [-0.3, -0.25) is 4.79 Å². The molecule has 2 aliphatic carbocycles. The van der Waals surface area contributed by atoms with Crippen molar-refractivity contribution in [1.29, 1.82) is 0 Å². The molecule has 4 fully saturated rings. The fourth-order valence-corrected chi connectivity index (χ4v) is 7.07. The second kappa shape index (κ2) is 5.01. The van der Waals surface area contributed by atoms with Crippen LogP contribution in [0.25, 0.3) is 0 Å². The molecular weight excluding hydrogens is 316 g/mol. The molecular formula is C21H34O4. The van der Waals surface area contributed by atoms with Gasteiger partial charge in [0.05, 0.1) is 25.2 Å². The Hall–Kier alpha value is -0.610. The number of esters is 1. The number of carbonyl (C=O) groups excluding carboxylic acids is 1. The van der Waals surface area contributed by atoms with E-state index < -0.39 is 5.60 Å². The second-order valence-corrected chi connectivity index (χ2v) is 10.4. The molecule has 0 amide bonds. The summed E-state index contributed by atoms with van der Waals surface area (Å²) in [6, 6.07) is 0. The van der Waals surface area contributed by atoms with Gasteiger partial charge in [-0.25, -0.2) is 0 Å². The van der Waals surface area contributed by atoms with Crippen molar-refractivity contribution in [1.82, 2.24) is 0 Å². The number of hydrogen-bond donors (Lipinski definition) is 0. The van der Waals surface area contributed by atoms with Crippen LogP contribution < -0.4 is 0 Å². The van der Waals surface area contributed by atoms with Crippen molar-refractivity contribution in [2.75, 3.05) is 7.11 Å². The normalized spacial score (nSPS) is 53.2. The number of epoxide rings is 1. The number of fused-ring (bicyclic) bond motifs is 4. The molecule has 142 valence electrons. The van der Waals surface area contributed by atoms with Crippen molar-refractivity contribution in [2.45, 2.75) is 102 Å². The highest BCUT2D eigenvalue weighted by Gasteiger charge is 2.80. The first-order valence-electron chi connectivity index (χ1n) is 9.97. The van der Waals surface area contributed by atoms with Gasteiger partial charge in [-0.1, -0.05) is 27.2 Å². The molecule has 0 bridgehead atoms. The first-order chi connectivity index (χ1) is 11.5. The zero-order valence-electron chi connectivity index (χ0n) is 16.7. The minimum absolute atomic E-state index is 0.102. The first-order valence-corrected chi connectivity index (χ1v) is 9.97. The van der Waals surface area contributed by atoms with Crippen LogP contribution in [0.4, 0.5) is 0 Å². The van der Waals surface area contributed by atoms with E-state index in [1.165, 1.54) is 26.4 Å². The van der Waals surface area contributed by atoms with Gasteiger partial charge in [-0.05, 0) is 57.3 Å². The Morgan fingerprint density at radius 1 is 1.08 bits per heavy atom. The maximum Gasteiger partial charge on any atom is 0.308 e. The molecule has 2 saturated carbocycles. The first kappa shape index (κ1) is 17.8. The van der Waals surface area contributed by atoms with E-state index in [0.717, 1.165) is 19.3 Å². The second-order valence-electron chi connectivity index (χ2n) is 10.4. The molecule has 6 atom stereocenters. The van der Waals surface area contributed by atoms with E-state index in [1.807, 2.05) is 0 Å². The third-order valence-electron chi connectivity index (χ3n) is 8.52. The smallest absolute Gasteiger partial charge is 0.308 e. The molecule has 0 aromatic heterocycles. The van der Waals surface area contributed by atoms with Gasteiger partial charge < -0.3 is 14.2 Å². The summed E-state index contributed by atoms with van der Waals surface area (Å²) in [6.07, 6.45) is 7.40. The van der Waals surface area contributed by atoms with E-state index in [4.69, 9.17) is 14.2 Å². The Bertz CT molecular complexity index is 601. The molecule has 2 saturated heterocycles. The average molecular weight is 350 g/mol. The molecule has 4 aliphatic rings. The standard InChI is InChI=1S/C21H34O4/c1-17(2)8-7-9-19(4)14(17)12-15-20(5,24-15)21(19)11-10-18(3,25-21)13-16(22)23-6/h14-15H,7-13H2,1-6H3/t14-,15-,18-,19-,20-,21-/m0/s1. The van der Waals surface area contributed by atoms with Crippen LogP contribution in [0, 0.1) is 16.7 Å². The van der Waals surface area contributed by atoms with Gasteiger partial charge in [0.25, 0.3) is 0 Å². The number of rotatable bonds is 2. The largest absolute Gasteiger partial charge is 0.469 e. The fourth-order valence-electron chi connectivity index (χ4n) is 7.07. The van der Waals surface area contributed by atoms with Crippen LogP contribution in [0.15, 0.2) is 0 Å². The monoisotopic (exact) mass is 350 g/mol. The summed E-state index contributed by atoms with van der Waals surface area (Å²) in [4.78, 5) is 11.9. The molecule has 0 unspecified atom stereocenters. The molecule has 1 spiro atoms. The quantitative estimate of drug-likeness (QED) is 0.552. The van der Waals surface area contributed by atoms with Crippen LogP contribution in [0.1, 0.15) is 79.6 Å². The topological polar surface area (TPSA) is 48.1 Å². The third kappa shape index (κ3) is 2.16. The maximum atomic E-state index is 11.9. The maximum absolute atomic E-state index is 11.9. The van der Waals surface area contributed by atoms with Crippen LogP contribution in [-0.4, -0.2) is 36.0 Å². The van der Waals surface area contributed by atoms with Crippen molar-refractivity contribution in [3.63, 3.8) is 0 Å². The van der Waals surface area contributed by atoms with Crippen LogP contribution in [0.5, 0.6) is 0 Å². The SMILES string of the molecule is COC(=O)C[C@]1(C)CC[C@]2(O1)[C@@]1(C)CCCC(C)(C)[C@@H]1C[C@@H]1O[C@@]12C. The lowest BCUT2D eigenvalue weighted by molar-refractivity contribution is -0.237. The van der Waals surface area contributed by atoms with Gasteiger partial charge in [0.2, 0.25) is 0 Å². The Kier molecular flexibility index (Phi) is 3.56. The van der Waals surface area contributed by atoms with Gasteiger partial charge in [-0.2, -0.15) is 0 Å². The van der Waals surface area contributed by atoms with Crippen LogP contribution in [-0.2, 0) is 19.0 Å². The number of methoxy groups -OCH3 is 1. The van der Waals surface area contributed by atoms with Crippen molar-refractivity contribution in [2.24, 2.45) is 16.7 Å². The summed E-state index contributed by atoms with van der Waals surface area (Å²) in [6.45, 7) is 11.6. The molecule has 0 aromatic carbocycles. The van der Waals surface area contributed by atoms with E-state index >= 15 is 0 Å². The highest BCUT2D eigenvalue weighted by molar-refractivity contribution is 5.70. The van der Waals surface area contributed by atoms with E-state index in [0.29, 0.717) is 23.9 Å². The number of ether oxygens (including phenoxy) is 3.